The molecule has 2 aliphatic carbocycles. The van der Waals surface area contributed by atoms with Crippen molar-refractivity contribution in [1.82, 2.24) is 0 Å². The van der Waals surface area contributed by atoms with E-state index in [0.29, 0.717) is 11.8 Å². The number of carbonyl (C=O) groups excluding carboxylic acids is 1. The molecular formula is C20H28O. The summed E-state index contributed by atoms with van der Waals surface area (Å²) in [6, 6.07) is 7.10. The van der Waals surface area contributed by atoms with Crippen molar-refractivity contribution in [3.63, 3.8) is 0 Å². The summed E-state index contributed by atoms with van der Waals surface area (Å²) in [5.41, 5.74) is 4.58. The minimum absolute atomic E-state index is 0.124. The average Bonchev–Trinajstić information content (AvgIpc) is 2.46. The second kappa shape index (κ2) is 4.97. The number of carbonyl (C=O) groups is 1. The first-order valence-electron chi connectivity index (χ1n) is 8.50. The molecule has 0 aliphatic heterocycles. The number of aryl methyl sites for hydroxylation is 1. The van der Waals surface area contributed by atoms with E-state index in [1.165, 1.54) is 42.2 Å². The van der Waals surface area contributed by atoms with Crippen LogP contribution in [0.25, 0.3) is 0 Å². The average molecular weight is 284 g/mol. The second-order valence-electron chi connectivity index (χ2n) is 8.06. The minimum atomic E-state index is -0.124. The van der Waals surface area contributed by atoms with Crippen LogP contribution in [0.15, 0.2) is 18.2 Å². The van der Waals surface area contributed by atoms with Gasteiger partial charge in [-0.3, -0.25) is 0 Å². The van der Waals surface area contributed by atoms with Gasteiger partial charge >= 0.3 is 0 Å². The maximum atomic E-state index is 11.7. The van der Waals surface area contributed by atoms with Gasteiger partial charge in [0.25, 0.3) is 0 Å². The van der Waals surface area contributed by atoms with Crippen LogP contribution in [-0.4, -0.2) is 6.29 Å². The highest BCUT2D eigenvalue weighted by Gasteiger charge is 2.51. The Labute approximate surface area is 129 Å². The third kappa shape index (κ3) is 2.17. The zero-order valence-corrected chi connectivity index (χ0v) is 13.9. The van der Waals surface area contributed by atoms with Crippen LogP contribution in [0.2, 0.25) is 0 Å². The van der Waals surface area contributed by atoms with E-state index in [9.17, 15) is 4.79 Å². The van der Waals surface area contributed by atoms with Crippen LogP contribution in [-0.2, 0) is 16.6 Å². The number of aldehydes is 1. The van der Waals surface area contributed by atoms with Gasteiger partial charge in [0.05, 0.1) is 0 Å². The molecule has 0 spiro atoms. The molecule has 2 aliphatic rings. The molecule has 0 saturated heterocycles. The van der Waals surface area contributed by atoms with Gasteiger partial charge in [-0.05, 0) is 59.6 Å². The normalized spacial score (nSPS) is 35.2. The molecule has 0 heterocycles. The Bertz CT molecular complexity index is 559. The number of fused-ring (bicyclic) bond motifs is 3. The van der Waals surface area contributed by atoms with Crippen molar-refractivity contribution in [3.8, 4) is 0 Å². The van der Waals surface area contributed by atoms with E-state index < -0.39 is 0 Å². The maximum absolute atomic E-state index is 11.7. The quantitative estimate of drug-likeness (QED) is 0.697. The molecular weight excluding hydrogens is 256 g/mol. The fraction of sp³-hybridized carbons (Fsp3) is 0.650. The monoisotopic (exact) mass is 284 g/mol. The van der Waals surface area contributed by atoms with Gasteiger partial charge in [0.15, 0.2) is 0 Å². The van der Waals surface area contributed by atoms with E-state index in [-0.39, 0.29) is 10.8 Å². The van der Waals surface area contributed by atoms with Crippen LogP contribution in [0.4, 0.5) is 0 Å². The molecule has 1 aromatic rings. The van der Waals surface area contributed by atoms with Crippen molar-refractivity contribution in [2.45, 2.75) is 71.1 Å². The van der Waals surface area contributed by atoms with Crippen LogP contribution in [0, 0.1) is 11.3 Å². The van der Waals surface area contributed by atoms with Crippen LogP contribution in [0.1, 0.15) is 76.0 Å². The number of rotatable bonds is 2. The highest BCUT2D eigenvalue weighted by Crippen LogP contribution is 2.56. The predicted octanol–water partition coefficient (Wildman–Crippen LogP) is 5.02. The molecule has 21 heavy (non-hydrogen) atoms. The van der Waals surface area contributed by atoms with Crippen molar-refractivity contribution in [2.24, 2.45) is 11.3 Å². The van der Waals surface area contributed by atoms with E-state index in [1.807, 2.05) is 0 Å². The summed E-state index contributed by atoms with van der Waals surface area (Å²) < 4.78 is 0. The van der Waals surface area contributed by atoms with Gasteiger partial charge in [-0.2, -0.15) is 0 Å². The Morgan fingerprint density at radius 2 is 2.00 bits per heavy atom. The Balaban J connectivity index is 2.07. The largest absolute Gasteiger partial charge is 0.303 e. The summed E-state index contributed by atoms with van der Waals surface area (Å²) in [6.45, 7) is 9.12. The third-order valence-corrected chi connectivity index (χ3v) is 6.36. The first-order chi connectivity index (χ1) is 9.90. The van der Waals surface area contributed by atoms with E-state index in [1.54, 1.807) is 0 Å². The fourth-order valence-corrected chi connectivity index (χ4v) is 5.06. The van der Waals surface area contributed by atoms with E-state index in [4.69, 9.17) is 0 Å². The van der Waals surface area contributed by atoms with Crippen LogP contribution >= 0.6 is 0 Å². The lowest BCUT2D eigenvalue weighted by molar-refractivity contribution is -0.123. The summed E-state index contributed by atoms with van der Waals surface area (Å²) in [6.07, 6.45) is 7.03. The standard InChI is InChI=1S/C20H28O/c1-14(2)15-6-8-17-16(12-15)7-9-18-19(3,13-21)10-5-11-20(17,18)4/h6,8,12-14,18H,5,7,9-11H2,1-4H3/t18-,19-,20-/m0/s1. The van der Waals surface area contributed by atoms with Crippen molar-refractivity contribution >= 4 is 6.29 Å². The van der Waals surface area contributed by atoms with E-state index in [2.05, 4.69) is 45.9 Å². The summed E-state index contributed by atoms with van der Waals surface area (Å²) in [5, 5.41) is 0. The second-order valence-corrected chi connectivity index (χ2v) is 8.06. The predicted molar refractivity (Wildman–Crippen MR) is 87.7 cm³/mol. The van der Waals surface area contributed by atoms with E-state index >= 15 is 0 Å². The lowest BCUT2D eigenvalue weighted by Gasteiger charge is -2.53. The molecule has 0 aromatic heterocycles. The summed E-state index contributed by atoms with van der Waals surface area (Å²) >= 11 is 0. The molecule has 0 N–H and O–H groups in total. The number of hydrogen-bond acceptors (Lipinski definition) is 1. The van der Waals surface area contributed by atoms with Gasteiger partial charge in [0.1, 0.15) is 6.29 Å². The Morgan fingerprint density at radius 1 is 1.24 bits per heavy atom. The maximum Gasteiger partial charge on any atom is 0.126 e. The topological polar surface area (TPSA) is 17.1 Å². The zero-order chi connectivity index (χ0) is 15.3. The molecule has 1 saturated carbocycles. The highest BCUT2D eigenvalue weighted by molar-refractivity contribution is 5.61. The lowest BCUT2D eigenvalue weighted by Crippen LogP contribution is -2.49. The SMILES string of the molecule is CC(C)c1ccc2c(c1)CC[C@@H]1[C@@]2(C)CCC[C@@]1(C)C=O. The fourth-order valence-electron chi connectivity index (χ4n) is 5.06. The van der Waals surface area contributed by atoms with Gasteiger partial charge in [0.2, 0.25) is 0 Å². The first kappa shape index (κ1) is 14.8. The summed E-state index contributed by atoms with van der Waals surface area (Å²) in [5.74, 6) is 1.10. The molecule has 0 unspecified atom stereocenters. The molecule has 114 valence electrons. The van der Waals surface area contributed by atoms with Gasteiger partial charge < -0.3 is 4.79 Å². The van der Waals surface area contributed by atoms with Crippen molar-refractivity contribution < 1.29 is 4.79 Å². The molecule has 3 rings (SSSR count). The molecule has 0 amide bonds. The van der Waals surface area contributed by atoms with Gasteiger partial charge in [-0.25, -0.2) is 0 Å². The summed E-state index contributed by atoms with van der Waals surface area (Å²) in [7, 11) is 0. The lowest BCUT2D eigenvalue weighted by atomic mass is 9.50. The van der Waals surface area contributed by atoms with Gasteiger partial charge in [0, 0.05) is 5.41 Å². The molecule has 1 nitrogen and oxygen atoms in total. The van der Waals surface area contributed by atoms with Gasteiger partial charge in [-0.1, -0.05) is 52.3 Å². The minimum Gasteiger partial charge on any atom is -0.303 e. The van der Waals surface area contributed by atoms with Gasteiger partial charge in [-0.15, -0.1) is 0 Å². The molecule has 3 atom stereocenters. The van der Waals surface area contributed by atoms with Crippen molar-refractivity contribution in [3.05, 3.63) is 34.9 Å². The molecule has 1 fully saturated rings. The summed E-state index contributed by atoms with van der Waals surface area (Å²) in [4.78, 5) is 11.7. The molecule has 0 bridgehead atoms. The number of benzene rings is 1. The van der Waals surface area contributed by atoms with Crippen LogP contribution in [0.3, 0.4) is 0 Å². The first-order valence-corrected chi connectivity index (χ1v) is 8.50. The van der Waals surface area contributed by atoms with Crippen molar-refractivity contribution in [2.75, 3.05) is 0 Å². The molecule has 1 heteroatoms. The van der Waals surface area contributed by atoms with Crippen LogP contribution in [0.5, 0.6) is 0 Å². The Kier molecular flexibility index (Phi) is 3.50. The highest BCUT2D eigenvalue weighted by atomic mass is 16.1. The molecule has 0 radical (unpaired) electrons. The van der Waals surface area contributed by atoms with Crippen LogP contribution < -0.4 is 0 Å². The third-order valence-electron chi connectivity index (χ3n) is 6.36. The number of hydrogen-bond donors (Lipinski definition) is 0. The molecule has 1 aromatic carbocycles. The zero-order valence-electron chi connectivity index (χ0n) is 13.9. The smallest absolute Gasteiger partial charge is 0.126 e. The Hall–Kier alpha value is -1.11. The van der Waals surface area contributed by atoms with E-state index in [0.717, 1.165) is 12.8 Å². The van der Waals surface area contributed by atoms with Crippen molar-refractivity contribution in [1.29, 1.82) is 0 Å². The Morgan fingerprint density at radius 3 is 2.67 bits per heavy atom.